The summed E-state index contributed by atoms with van der Waals surface area (Å²) < 4.78 is 0. The van der Waals surface area contributed by atoms with Gasteiger partial charge in [-0.1, -0.05) is 18.2 Å². The SMILES string of the molecule is CC(Sc1c[nH]c2ccccc12)C(=O)Nc1sc2c(c1C(N)=O)CCC2. The number of amides is 2. The number of aromatic nitrogens is 1. The number of nitrogens with one attached hydrogen (secondary N) is 2. The number of carbonyl (C=O) groups excluding carboxylic acids is 2. The number of carbonyl (C=O) groups is 2. The molecule has 1 atom stereocenters. The van der Waals surface area contributed by atoms with Crippen LogP contribution >= 0.6 is 23.1 Å². The van der Waals surface area contributed by atoms with Gasteiger partial charge in [0.1, 0.15) is 5.00 Å². The summed E-state index contributed by atoms with van der Waals surface area (Å²) in [7, 11) is 0. The van der Waals surface area contributed by atoms with Gasteiger partial charge in [-0.15, -0.1) is 23.1 Å². The maximum atomic E-state index is 12.7. The van der Waals surface area contributed by atoms with Gasteiger partial charge in [-0.2, -0.15) is 0 Å². The van der Waals surface area contributed by atoms with Gasteiger partial charge in [-0.3, -0.25) is 9.59 Å². The zero-order valence-electron chi connectivity index (χ0n) is 14.3. The van der Waals surface area contributed by atoms with Crippen LogP contribution in [0.2, 0.25) is 0 Å². The number of benzene rings is 1. The summed E-state index contributed by atoms with van der Waals surface area (Å²) in [5, 5.41) is 4.33. The van der Waals surface area contributed by atoms with Crippen LogP contribution in [0.3, 0.4) is 0 Å². The van der Waals surface area contributed by atoms with Gasteiger partial charge < -0.3 is 16.0 Å². The van der Waals surface area contributed by atoms with Crippen LogP contribution < -0.4 is 11.1 Å². The topological polar surface area (TPSA) is 88.0 Å². The number of primary amides is 1. The highest BCUT2D eigenvalue weighted by molar-refractivity contribution is 8.00. The van der Waals surface area contributed by atoms with Crippen molar-refractivity contribution in [2.75, 3.05) is 5.32 Å². The number of aryl methyl sites for hydroxylation is 1. The molecular formula is C19H19N3O2S2. The highest BCUT2D eigenvalue weighted by atomic mass is 32.2. The molecule has 0 radical (unpaired) electrons. The van der Waals surface area contributed by atoms with Crippen molar-refractivity contribution in [3.8, 4) is 0 Å². The lowest BCUT2D eigenvalue weighted by Crippen LogP contribution is -2.24. The number of para-hydroxylation sites is 1. The van der Waals surface area contributed by atoms with Crippen molar-refractivity contribution in [3.05, 3.63) is 46.5 Å². The van der Waals surface area contributed by atoms with Crippen molar-refractivity contribution in [2.45, 2.75) is 36.3 Å². The van der Waals surface area contributed by atoms with Crippen molar-refractivity contribution in [1.82, 2.24) is 4.98 Å². The van der Waals surface area contributed by atoms with Gasteiger partial charge in [-0.05, 0) is 37.8 Å². The highest BCUT2D eigenvalue weighted by Gasteiger charge is 2.27. The molecule has 0 spiro atoms. The molecule has 5 nitrogen and oxygen atoms in total. The van der Waals surface area contributed by atoms with Crippen molar-refractivity contribution >= 4 is 50.8 Å². The Morgan fingerprint density at radius 2 is 2.12 bits per heavy atom. The van der Waals surface area contributed by atoms with Gasteiger partial charge in [-0.25, -0.2) is 0 Å². The van der Waals surface area contributed by atoms with E-state index < -0.39 is 5.91 Å². The molecule has 26 heavy (non-hydrogen) atoms. The number of rotatable bonds is 5. The monoisotopic (exact) mass is 385 g/mol. The zero-order valence-corrected chi connectivity index (χ0v) is 15.9. The van der Waals surface area contributed by atoms with Crippen molar-refractivity contribution in [1.29, 1.82) is 0 Å². The van der Waals surface area contributed by atoms with Crippen LogP contribution in [0.1, 0.15) is 34.1 Å². The van der Waals surface area contributed by atoms with Crippen LogP contribution in [0.15, 0.2) is 35.4 Å². The molecule has 0 bridgehead atoms. The maximum absolute atomic E-state index is 12.7. The first-order valence-corrected chi connectivity index (χ1v) is 10.2. The first-order chi connectivity index (χ1) is 12.5. The second-order valence-corrected chi connectivity index (χ2v) is 8.86. The third-order valence-corrected chi connectivity index (χ3v) is 7.00. The van der Waals surface area contributed by atoms with Crippen molar-refractivity contribution < 1.29 is 9.59 Å². The summed E-state index contributed by atoms with van der Waals surface area (Å²) in [4.78, 5) is 30.0. The minimum atomic E-state index is -0.461. The van der Waals surface area contributed by atoms with E-state index in [-0.39, 0.29) is 11.2 Å². The van der Waals surface area contributed by atoms with Crippen LogP contribution in [-0.2, 0) is 17.6 Å². The quantitative estimate of drug-likeness (QED) is 0.581. The predicted octanol–water partition coefficient (Wildman–Crippen LogP) is 3.94. The Morgan fingerprint density at radius 1 is 1.31 bits per heavy atom. The molecule has 2 heterocycles. The van der Waals surface area contributed by atoms with Gasteiger partial charge >= 0.3 is 0 Å². The minimum absolute atomic E-state index is 0.122. The molecular weight excluding hydrogens is 366 g/mol. The fourth-order valence-corrected chi connectivity index (χ4v) is 5.63. The molecule has 0 fully saturated rings. The lowest BCUT2D eigenvalue weighted by molar-refractivity contribution is -0.115. The summed E-state index contributed by atoms with van der Waals surface area (Å²) in [6, 6.07) is 8.01. The number of aromatic amines is 1. The van der Waals surface area contributed by atoms with E-state index in [2.05, 4.69) is 10.3 Å². The Kier molecular flexibility index (Phi) is 4.50. The third-order valence-electron chi connectivity index (χ3n) is 4.63. The molecule has 4 N–H and O–H groups in total. The van der Waals surface area contributed by atoms with E-state index in [4.69, 9.17) is 5.73 Å². The normalized spacial score (nSPS) is 14.3. The molecule has 0 saturated heterocycles. The standard InChI is InChI=1S/C19H19N3O2S2/c1-10(25-15-9-21-13-7-3-2-5-11(13)15)18(24)22-19-16(17(20)23)12-6-4-8-14(12)26-19/h2-3,5,7,9-10,21H,4,6,8H2,1H3,(H2,20,23)(H,22,24). The number of hydrogen-bond donors (Lipinski definition) is 3. The molecule has 1 aliphatic carbocycles. The van der Waals surface area contributed by atoms with Crippen molar-refractivity contribution in [3.63, 3.8) is 0 Å². The molecule has 1 unspecified atom stereocenters. The van der Waals surface area contributed by atoms with Gasteiger partial charge in [0.25, 0.3) is 5.91 Å². The molecule has 7 heteroatoms. The smallest absolute Gasteiger partial charge is 0.251 e. The van der Waals surface area contributed by atoms with Crippen LogP contribution in [0, 0.1) is 0 Å². The first-order valence-electron chi connectivity index (χ1n) is 8.52. The number of nitrogens with two attached hydrogens (primary N) is 1. The van der Waals surface area contributed by atoms with E-state index in [1.807, 2.05) is 37.4 Å². The molecule has 1 aliphatic rings. The van der Waals surface area contributed by atoms with Crippen LogP contribution in [-0.4, -0.2) is 22.0 Å². The number of H-pyrrole nitrogens is 1. The Hall–Kier alpha value is -2.25. The molecule has 3 aromatic rings. The second-order valence-electron chi connectivity index (χ2n) is 6.37. The number of fused-ring (bicyclic) bond motifs is 2. The summed E-state index contributed by atoms with van der Waals surface area (Å²) in [5.74, 6) is -0.584. The van der Waals surface area contributed by atoms with Gasteiger partial charge in [0.05, 0.1) is 10.8 Å². The Balaban J connectivity index is 1.52. The van der Waals surface area contributed by atoms with Crippen LogP contribution in [0.25, 0.3) is 10.9 Å². The van der Waals surface area contributed by atoms with Gasteiger partial charge in [0, 0.05) is 26.9 Å². The number of anilines is 1. The molecule has 4 rings (SSSR count). The summed E-state index contributed by atoms with van der Waals surface area (Å²) in [6.07, 6.45) is 4.78. The molecule has 1 aromatic carbocycles. The fraction of sp³-hybridized carbons (Fsp3) is 0.263. The Morgan fingerprint density at radius 3 is 2.92 bits per heavy atom. The molecule has 2 amide bonds. The fourth-order valence-electron chi connectivity index (χ4n) is 3.35. The average molecular weight is 386 g/mol. The van der Waals surface area contributed by atoms with Crippen molar-refractivity contribution in [2.24, 2.45) is 5.73 Å². The number of hydrogen-bond acceptors (Lipinski definition) is 4. The predicted molar refractivity (Wildman–Crippen MR) is 107 cm³/mol. The second kappa shape index (κ2) is 6.81. The number of thiophene rings is 1. The Labute approximate surface area is 159 Å². The molecule has 2 aromatic heterocycles. The third kappa shape index (κ3) is 3.01. The largest absolute Gasteiger partial charge is 0.365 e. The first kappa shape index (κ1) is 17.2. The lowest BCUT2D eigenvalue weighted by atomic mass is 10.1. The van der Waals surface area contributed by atoms with E-state index in [0.717, 1.165) is 40.6 Å². The van der Waals surface area contributed by atoms with E-state index in [1.54, 1.807) is 0 Å². The molecule has 0 aliphatic heterocycles. The van der Waals surface area contributed by atoms with Crippen LogP contribution in [0.4, 0.5) is 5.00 Å². The van der Waals surface area contributed by atoms with E-state index >= 15 is 0 Å². The molecule has 134 valence electrons. The van der Waals surface area contributed by atoms with E-state index in [9.17, 15) is 9.59 Å². The zero-order chi connectivity index (χ0) is 18.3. The maximum Gasteiger partial charge on any atom is 0.251 e. The lowest BCUT2D eigenvalue weighted by Gasteiger charge is -2.11. The summed E-state index contributed by atoms with van der Waals surface area (Å²) >= 11 is 2.98. The minimum Gasteiger partial charge on any atom is -0.365 e. The molecule has 0 saturated carbocycles. The van der Waals surface area contributed by atoms with Gasteiger partial charge in [0.2, 0.25) is 5.91 Å². The summed E-state index contributed by atoms with van der Waals surface area (Å²) in [5.41, 5.74) is 8.14. The van der Waals surface area contributed by atoms with Crippen LogP contribution in [0.5, 0.6) is 0 Å². The van der Waals surface area contributed by atoms with E-state index in [0.29, 0.717) is 10.6 Å². The highest BCUT2D eigenvalue weighted by Crippen LogP contribution is 2.39. The average Bonchev–Trinajstić information content (AvgIpc) is 3.29. The van der Waals surface area contributed by atoms with E-state index in [1.165, 1.54) is 28.0 Å². The number of thioether (sulfide) groups is 1. The Bertz CT molecular complexity index is 1010. The van der Waals surface area contributed by atoms with Gasteiger partial charge in [0.15, 0.2) is 0 Å². The summed E-state index contributed by atoms with van der Waals surface area (Å²) in [6.45, 7) is 1.87.